The Balaban J connectivity index is 0.000000511. The number of rotatable bonds is 5. The Hall–Kier alpha value is -1.63. The van der Waals surface area contributed by atoms with Crippen molar-refractivity contribution < 1.29 is 24.9 Å². The lowest BCUT2D eigenvalue weighted by Crippen LogP contribution is -2.26. The van der Waals surface area contributed by atoms with Gasteiger partial charge in [0.25, 0.3) is 0 Å². The first kappa shape index (κ1) is 18.4. The van der Waals surface area contributed by atoms with E-state index in [1.54, 1.807) is 6.92 Å². The number of hydrogen-bond acceptors (Lipinski definition) is 4. The summed E-state index contributed by atoms with van der Waals surface area (Å²) in [6.45, 7) is 3.30. The van der Waals surface area contributed by atoms with Crippen LogP contribution in [0.1, 0.15) is 12.5 Å². The van der Waals surface area contributed by atoms with E-state index < -0.39 is 11.9 Å². The molecule has 4 N–H and O–H groups in total. The number of nitrogens with one attached hydrogen (secondary N) is 1. The number of carbonyl (C=O) groups is 2. The van der Waals surface area contributed by atoms with E-state index >= 15 is 0 Å². The topological polar surface area (TPSA) is 107 Å². The normalized spacial score (nSPS) is 11.2. The van der Waals surface area contributed by atoms with Crippen LogP contribution in [0.3, 0.4) is 0 Å². The van der Waals surface area contributed by atoms with Gasteiger partial charge in [0.05, 0.1) is 6.10 Å². The Morgan fingerprint density at radius 3 is 2.10 bits per heavy atom. The summed E-state index contributed by atoms with van der Waals surface area (Å²) in [5, 5.41) is 27.7. The molecule has 1 aromatic rings. The van der Waals surface area contributed by atoms with E-state index in [9.17, 15) is 0 Å². The van der Waals surface area contributed by atoms with Crippen molar-refractivity contribution in [1.29, 1.82) is 0 Å². The summed E-state index contributed by atoms with van der Waals surface area (Å²) in [6.07, 6.45) is 0.685. The lowest BCUT2D eigenvalue weighted by Gasteiger charge is -2.06. The fourth-order valence-electron chi connectivity index (χ4n) is 1.19. The summed E-state index contributed by atoms with van der Waals surface area (Å²) in [5.41, 5.74) is 1.26. The van der Waals surface area contributed by atoms with Crippen LogP contribution in [0.15, 0.2) is 24.3 Å². The number of halogens is 1. The molecule has 0 spiro atoms. The zero-order valence-electron chi connectivity index (χ0n) is 11.0. The van der Waals surface area contributed by atoms with Gasteiger partial charge >= 0.3 is 11.9 Å². The molecule has 1 unspecified atom stereocenters. The van der Waals surface area contributed by atoms with Gasteiger partial charge in [-0.3, -0.25) is 0 Å². The zero-order chi connectivity index (χ0) is 15.5. The first-order valence-electron chi connectivity index (χ1n) is 5.92. The van der Waals surface area contributed by atoms with Crippen molar-refractivity contribution in [3.05, 3.63) is 34.9 Å². The lowest BCUT2D eigenvalue weighted by molar-refractivity contribution is -0.159. The van der Waals surface area contributed by atoms with Crippen molar-refractivity contribution in [3.8, 4) is 0 Å². The summed E-state index contributed by atoms with van der Waals surface area (Å²) >= 11 is 5.77. The van der Waals surface area contributed by atoms with Gasteiger partial charge in [-0.2, -0.15) is 0 Å². The number of hydrogen-bond donors (Lipinski definition) is 4. The van der Waals surface area contributed by atoms with E-state index in [0.717, 1.165) is 18.0 Å². The van der Waals surface area contributed by atoms with Crippen LogP contribution in [0, 0.1) is 0 Å². The minimum absolute atomic E-state index is 0.278. The van der Waals surface area contributed by atoms with Gasteiger partial charge in [-0.1, -0.05) is 23.7 Å². The molecule has 0 fully saturated rings. The Labute approximate surface area is 122 Å². The number of carboxylic acids is 2. The molecule has 0 saturated carbocycles. The summed E-state index contributed by atoms with van der Waals surface area (Å²) in [7, 11) is 0. The fraction of sp³-hybridized carbons (Fsp3) is 0.385. The van der Waals surface area contributed by atoms with Crippen molar-refractivity contribution >= 4 is 23.5 Å². The number of aliphatic hydroxyl groups excluding tert-OH is 1. The third-order valence-corrected chi connectivity index (χ3v) is 2.38. The Morgan fingerprint density at radius 2 is 1.70 bits per heavy atom. The highest BCUT2D eigenvalue weighted by atomic mass is 35.5. The van der Waals surface area contributed by atoms with Crippen LogP contribution in [-0.2, 0) is 16.0 Å². The number of aliphatic carboxylic acids is 2. The molecule has 0 aromatic heterocycles. The van der Waals surface area contributed by atoms with Gasteiger partial charge in [-0.05, 0) is 37.6 Å². The predicted molar refractivity (Wildman–Crippen MR) is 75.0 cm³/mol. The molecule has 0 saturated heterocycles. The zero-order valence-corrected chi connectivity index (χ0v) is 11.8. The highest BCUT2D eigenvalue weighted by Gasteiger charge is 2.04. The molecule has 0 aliphatic carbocycles. The van der Waals surface area contributed by atoms with Crippen molar-refractivity contribution in [1.82, 2.24) is 5.32 Å². The molecule has 6 nitrogen and oxygen atoms in total. The Morgan fingerprint density at radius 1 is 1.20 bits per heavy atom. The molecule has 7 heteroatoms. The van der Waals surface area contributed by atoms with E-state index in [2.05, 4.69) is 5.32 Å². The fourth-order valence-corrected chi connectivity index (χ4v) is 1.32. The first-order valence-corrected chi connectivity index (χ1v) is 6.30. The van der Waals surface area contributed by atoms with Crippen LogP contribution in [0.4, 0.5) is 0 Å². The van der Waals surface area contributed by atoms with Gasteiger partial charge in [0.2, 0.25) is 0 Å². The average molecular weight is 304 g/mol. The maximum atomic E-state index is 9.10. The molecule has 0 aliphatic heterocycles. The largest absolute Gasteiger partial charge is 0.473 e. The van der Waals surface area contributed by atoms with Crippen molar-refractivity contribution in [2.75, 3.05) is 13.1 Å². The van der Waals surface area contributed by atoms with E-state index in [4.69, 9.17) is 36.5 Å². The lowest BCUT2D eigenvalue weighted by atomic mass is 10.1. The summed E-state index contributed by atoms with van der Waals surface area (Å²) in [4.78, 5) is 18.2. The highest BCUT2D eigenvalue weighted by Crippen LogP contribution is 2.09. The second kappa shape index (κ2) is 10.2. The summed E-state index contributed by atoms with van der Waals surface area (Å²) in [6, 6.07) is 7.83. The molecule has 0 aliphatic rings. The molecule has 1 aromatic carbocycles. The van der Waals surface area contributed by atoms with Gasteiger partial charge in [-0.15, -0.1) is 0 Å². The quantitative estimate of drug-likeness (QED) is 0.478. The van der Waals surface area contributed by atoms with Gasteiger partial charge in [0, 0.05) is 11.6 Å². The van der Waals surface area contributed by atoms with E-state index in [0.29, 0.717) is 6.54 Å². The van der Waals surface area contributed by atoms with Crippen LogP contribution in [0.2, 0.25) is 5.02 Å². The third kappa shape index (κ3) is 10.3. The van der Waals surface area contributed by atoms with Crippen LogP contribution in [0.25, 0.3) is 0 Å². The maximum absolute atomic E-state index is 9.10. The molecule has 112 valence electrons. The first-order chi connectivity index (χ1) is 9.32. The van der Waals surface area contributed by atoms with Crippen LogP contribution in [0.5, 0.6) is 0 Å². The van der Waals surface area contributed by atoms with Crippen molar-refractivity contribution in [2.24, 2.45) is 0 Å². The Kier molecular flexibility index (Phi) is 9.36. The molecular formula is C13H18ClNO5. The molecule has 1 rings (SSSR count). The van der Waals surface area contributed by atoms with Crippen LogP contribution >= 0.6 is 11.6 Å². The van der Waals surface area contributed by atoms with E-state index in [-0.39, 0.29) is 6.10 Å². The average Bonchev–Trinajstić information content (AvgIpc) is 2.37. The summed E-state index contributed by atoms with van der Waals surface area (Å²) in [5.74, 6) is -3.65. The van der Waals surface area contributed by atoms with Gasteiger partial charge in [0.15, 0.2) is 0 Å². The molecule has 20 heavy (non-hydrogen) atoms. The SMILES string of the molecule is CC(O)CNCCc1ccc(Cl)cc1.O=C(O)C(=O)O. The molecule has 1 atom stereocenters. The van der Waals surface area contributed by atoms with E-state index in [1.807, 2.05) is 24.3 Å². The van der Waals surface area contributed by atoms with Crippen molar-refractivity contribution in [2.45, 2.75) is 19.4 Å². The molecule has 0 bridgehead atoms. The maximum Gasteiger partial charge on any atom is 0.414 e. The van der Waals surface area contributed by atoms with Crippen LogP contribution < -0.4 is 5.32 Å². The minimum Gasteiger partial charge on any atom is -0.473 e. The number of benzene rings is 1. The summed E-state index contributed by atoms with van der Waals surface area (Å²) < 4.78 is 0. The second-order valence-corrected chi connectivity index (χ2v) is 4.48. The standard InChI is InChI=1S/C11H16ClNO.C2H2O4/c1-9(14)8-13-7-6-10-2-4-11(12)5-3-10;3-1(4)2(5)6/h2-5,9,13-14H,6-8H2,1H3;(H,3,4)(H,5,6). The molecular weight excluding hydrogens is 286 g/mol. The molecule has 0 heterocycles. The smallest absolute Gasteiger partial charge is 0.414 e. The number of aliphatic hydroxyl groups is 1. The van der Waals surface area contributed by atoms with E-state index in [1.165, 1.54) is 5.56 Å². The Bertz CT molecular complexity index is 407. The second-order valence-electron chi connectivity index (χ2n) is 4.04. The van der Waals surface area contributed by atoms with Crippen molar-refractivity contribution in [3.63, 3.8) is 0 Å². The van der Waals surface area contributed by atoms with Gasteiger partial charge in [-0.25, -0.2) is 9.59 Å². The monoisotopic (exact) mass is 303 g/mol. The predicted octanol–water partition coefficient (Wildman–Crippen LogP) is 1.01. The minimum atomic E-state index is -1.82. The van der Waals surface area contributed by atoms with Gasteiger partial charge < -0.3 is 20.6 Å². The van der Waals surface area contributed by atoms with Crippen LogP contribution in [-0.4, -0.2) is 46.5 Å². The highest BCUT2D eigenvalue weighted by molar-refractivity contribution is 6.30. The number of carboxylic acid groups (broad SMARTS) is 2. The van der Waals surface area contributed by atoms with Gasteiger partial charge in [0.1, 0.15) is 0 Å². The molecule has 0 amide bonds. The molecule has 0 radical (unpaired) electrons. The third-order valence-electron chi connectivity index (χ3n) is 2.13.